The molecule has 76 valence electrons. The maximum absolute atomic E-state index is 11.3. The minimum absolute atomic E-state index is 0.213. The van der Waals surface area contributed by atoms with E-state index in [2.05, 4.69) is 5.32 Å². The van der Waals surface area contributed by atoms with E-state index in [0.29, 0.717) is 6.61 Å². The summed E-state index contributed by atoms with van der Waals surface area (Å²) in [5.41, 5.74) is 4.77. The summed E-state index contributed by atoms with van der Waals surface area (Å²) in [5.74, 6) is -0.0743. The van der Waals surface area contributed by atoms with Crippen LogP contribution in [0.3, 0.4) is 0 Å². The number of hydrogen-bond acceptors (Lipinski definition) is 3. The lowest BCUT2D eigenvalue weighted by atomic mass is 9.84. The monoisotopic (exact) mass is 186 g/mol. The molecule has 0 aromatic carbocycles. The molecule has 1 aliphatic rings. The number of ether oxygens (including phenoxy) is 1. The lowest BCUT2D eigenvalue weighted by Gasteiger charge is -2.32. The van der Waals surface area contributed by atoms with E-state index in [1.165, 1.54) is 0 Å². The van der Waals surface area contributed by atoms with Crippen molar-refractivity contribution in [3.8, 4) is 0 Å². The van der Waals surface area contributed by atoms with Gasteiger partial charge in [0.25, 0.3) is 0 Å². The Morgan fingerprint density at radius 2 is 2.46 bits per heavy atom. The average molecular weight is 186 g/mol. The quantitative estimate of drug-likeness (QED) is 0.643. The van der Waals surface area contributed by atoms with E-state index >= 15 is 0 Å². The van der Waals surface area contributed by atoms with Crippen LogP contribution < -0.4 is 11.1 Å². The van der Waals surface area contributed by atoms with Gasteiger partial charge in [-0.05, 0) is 19.9 Å². The first-order chi connectivity index (χ1) is 6.11. The van der Waals surface area contributed by atoms with Gasteiger partial charge >= 0.3 is 0 Å². The van der Waals surface area contributed by atoms with Crippen LogP contribution in [0.25, 0.3) is 0 Å². The maximum atomic E-state index is 11.3. The summed E-state index contributed by atoms with van der Waals surface area (Å²) >= 11 is 0. The van der Waals surface area contributed by atoms with Crippen LogP contribution in [-0.4, -0.2) is 31.2 Å². The van der Waals surface area contributed by atoms with Crippen molar-refractivity contribution >= 4 is 5.91 Å². The van der Waals surface area contributed by atoms with Crippen molar-refractivity contribution in [2.45, 2.75) is 25.8 Å². The molecule has 1 rings (SSSR count). The van der Waals surface area contributed by atoms with E-state index in [0.717, 1.165) is 19.6 Å². The van der Waals surface area contributed by atoms with Crippen LogP contribution >= 0.6 is 0 Å². The Labute approximate surface area is 78.8 Å². The summed E-state index contributed by atoms with van der Waals surface area (Å²) in [6.45, 7) is 5.94. The molecule has 4 nitrogen and oxygen atoms in total. The lowest BCUT2D eigenvalue weighted by molar-refractivity contribution is -0.126. The van der Waals surface area contributed by atoms with Crippen molar-refractivity contribution in [2.75, 3.05) is 19.8 Å². The van der Waals surface area contributed by atoms with Gasteiger partial charge in [-0.15, -0.1) is 0 Å². The zero-order valence-corrected chi connectivity index (χ0v) is 8.30. The summed E-state index contributed by atoms with van der Waals surface area (Å²) in [5, 5.41) is 3.15. The molecular formula is C9H18N2O2. The molecule has 0 aliphatic carbocycles. The molecule has 0 aromatic rings. The minimum Gasteiger partial charge on any atom is -0.381 e. The molecule has 1 aliphatic heterocycles. The molecule has 1 amide bonds. The van der Waals surface area contributed by atoms with Crippen molar-refractivity contribution in [1.29, 1.82) is 0 Å². The van der Waals surface area contributed by atoms with Crippen molar-refractivity contribution in [3.05, 3.63) is 0 Å². The van der Waals surface area contributed by atoms with Crippen LogP contribution in [0.1, 0.15) is 20.3 Å². The Morgan fingerprint density at radius 3 is 2.85 bits per heavy atom. The second-order valence-electron chi connectivity index (χ2n) is 3.66. The van der Waals surface area contributed by atoms with Gasteiger partial charge in [-0.3, -0.25) is 4.79 Å². The molecule has 0 saturated carbocycles. The number of nitrogens with one attached hydrogen (secondary N) is 1. The normalized spacial score (nSPS) is 27.1. The van der Waals surface area contributed by atoms with Crippen molar-refractivity contribution in [3.63, 3.8) is 0 Å². The SMILES string of the molecule is CCNC(C)(C(N)=O)C1CCOC1. The third-order valence-electron chi connectivity index (χ3n) is 2.80. The molecule has 0 bridgehead atoms. The molecule has 1 heterocycles. The van der Waals surface area contributed by atoms with Crippen LogP contribution in [-0.2, 0) is 9.53 Å². The van der Waals surface area contributed by atoms with Gasteiger partial charge in [-0.1, -0.05) is 6.92 Å². The second-order valence-corrected chi connectivity index (χ2v) is 3.66. The molecule has 1 saturated heterocycles. The molecule has 3 N–H and O–H groups in total. The first-order valence-electron chi connectivity index (χ1n) is 4.74. The van der Waals surface area contributed by atoms with Crippen LogP contribution in [0.4, 0.5) is 0 Å². The number of hydrogen-bond donors (Lipinski definition) is 2. The fraction of sp³-hybridized carbons (Fsp3) is 0.889. The van der Waals surface area contributed by atoms with Gasteiger partial charge < -0.3 is 15.8 Å². The Hall–Kier alpha value is -0.610. The molecule has 2 unspecified atom stereocenters. The van der Waals surface area contributed by atoms with E-state index < -0.39 is 5.54 Å². The number of rotatable bonds is 4. The highest BCUT2D eigenvalue weighted by Crippen LogP contribution is 2.25. The molecule has 2 atom stereocenters. The zero-order chi connectivity index (χ0) is 9.90. The molecule has 4 heteroatoms. The van der Waals surface area contributed by atoms with Crippen LogP contribution in [0, 0.1) is 5.92 Å². The second kappa shape index (κ2) is 4.07. The van der Waals surface area contributed by atoms with Crippen LogP contribution in [0.2, 0.25) is 0 Å². The van der Waals surface area contributed by atoms with E-state index in [-0.39, 0.29) is 11.8 Å². The first-order valence-corrected chi connectivity index (χ1v) is 4.74. The third kappa shape index (κ3) is 2.00. The number of carbonyl (C=O) groups is 1. The average Bonchev–Trinajstić information content (AvgIpc) is 2.56. The van der Waals surface area contributed by atoms with Gasteiger partial charge in [0.05, 0.1) is 12.1 Å². The number of likely N-dealkylation sites (N-methyl/N-ethyl adjacent to an activating group) is 1. The third-order valence-corrected chi connectivity index (χ3v) is 2.80. The predicted molar refractivity (Wildman–Crippen MR) is 50.2 cm³/mol. The van der Waals surface area contributed by atoms with E-state index in [1.807, 2.05) is 13.8 Å². The summed E-state index contributed by atoms with van der Waals surface area (Å²) in [6.07, 6.45) is 0.909. The van der Waals surface area contributed by atoms with E-state index in [4.69, 9.17) is 10.5 Å². The predicted octanol–water partition coefficient (Wildman–Crippen LogP) is -0.124. The minimum atomic E-state index is -0.606. The van der Waals surface area contributed by atoms with Crippen molar-refractivity contribution in [1.82, 2.24) is 5.32 Å². The van der Waals surface area contributed by atoms with Crippen molar-refractivity contribution < 1.29 is 9.53 Å². The summed E-state index contributed by atoms with van der Waals surface area (Å²) < 4.78 is 5.25. The first kappa shape index (κ1) is 10.5. The molecule has 0 spiro atoms. The topological polar surface area (TPSA) is 64.3 Å². The Balaban J connectivity index is 2.69. The Morgan fingerprint density at radius 1 is 1.77 bits per heavy atom. The zero-order valence-electron chi connectivity index (χ0n) is 8.30. The highest BCUT2D eigenvalue weighted by molar-refractivity contribution is 5.84. The molecule has 0 aromatic heterocycles. The summed E-state index contributed by atoms with van der Waals surface area (Å²) in [4.78, 5) is 11.3. The summed E-state index contributed by atoms with van der Waals surface area (Å²) in [7, 11) is 0. The molecule has 13 heavy (non-hydrogen) atoms. The van der Waals surface area contributed by atoms with Crippen molar-refractivity contribution in [2.24, 2.45) is 11.7 Å². The van der Waals surface area contributed by atoms with E-state index in [1.54, 1.807) is 0 Å². The highest BCUT2D eigenvalue weighted by atomic mass is 16.5. The lowest BCUT2D eigenvalue weighted by Crippen LogP contribution is -2.58. The number of primary amides is 1. The van der Waals surface area contributed by atoms with Gasteiger partial charge in [0.15, 0.2) is 0 Å². The Kier molecular flexibility index (Phi) is 3.27. The molecule has 1 fully saturated rings. The fourth-order valence-electron chi connectivity index (χ4n) is 1.79. The van der Waals surface area contributed by atoms with Gasteiger partial charge in [0.1, 0.15) is 0 Å². The van der Waals surface area contributed by atoms with Gasteiger partial charge in [0, 0.05) is 12.5 Å². The highest BCUT2D eigenvalue weighted by Gasteiger charge is 2.40. The largest absolute Gasteiger partial charge is 0.381 e. The standard InChI is InChI=1S/C9H18N2O2/c1-3-11-9(2,8(10)12)7-4-5-13-6-7/h7,11H,3-6H2,1-2H3,(H2,10,12). The maximum Gasteiger partial charge on any atom is 0.237 e. The number of carbonyl (C=O) groups excluding carboxylic acids is 1. The van der Waals surface area contributed by atoms with Gasteiger partial charge in [-0.25, -0.2) is 0 Å². The Bertz CT molecular complexity index is 190. The van der Waals surface area contributed by atoms with Crippen LogP contribution in [0.5, 0.6) is 0 Å². The number of amides is 1. The van der Waals surface area contributed by atoms with E-state index in [9.17, 15) is 4.79 Å². The smallest absolute Gasteiger partial charge is 0.237 e. The number of nitrogens with two attached hydrogens (primary N) is 1. The molecule has 0 radical (unpaired) electrons. The summed E-state index contributed by atoms with van der Waals surface area (Å²) in [6, 6.07) is 0. The fourth-order valence-corrected chi connectivity index (χ4v) is 1.79. The van der Waals surface area contributed by atoms with Gasteiger partial charge in [-0.2, -0.15) is 0 Å². The van der Waals surface area contributed by atoms with Crippen LogP contribution in [0.15, 0.2) is 0 Å². The molecular weight excluding hydrogens is 168 g/mol. The van der Waals surface area contributed by atoms with Gasteiger partial charge in [0.2, 0.25) is 5.91 Å².